The minimum atomic E-state index is -1.04. The summed E-state index contributed by atoms with van der Waals surface area (Å²) in [6.45, 7) is 1.68. The number of carbonyl (C=O) groups excluding carboxylic acids is 2. The van der Waals surface area contributed by atoms with Crippen LogP contribution in [0.2, 0.25) is 0 Å². The molecule has 0 bridgehead atoms. The molecule has 1 aromatic rings. The van der Waals surface area contributed by atoms with Gasteiger partial charge in [-0.15, -0.1) is 0 Å². The van der Waals surface area contributed by atoms with Gasteiger partial charge in [-0.1, -0.05) is 6.07 Å². The molecule has 19 heavy (non-hydrogen) atoms. The Bertz CT molecular complexity index is 484. The van der Waals surface area contributed by atoms with Gasteiger partial charge in [0.25, 0.3) is 5.78 Å². The first kappa shape index (κ1) is 15.1. The van der Waals surface area contributed by atoms with Gasteiger partial charge in [-0.25, -0.2) is 9.18 Å². The van der Waals surface area contributed by atoms with E-state index < -0.39 is 17.6 Å². The van der Waals surface area contributed by atoms with Gasteiger partial charge in [0, 0.05) is 12.7 Å². The maximum atomic E-state index is 14.0. The van der Waals surface area contributed by atoms with E-state index in [4.69, 9.17) is 9.47 Å². The number of benzene rings is 1. The Balaban J connectivity index is 3.18. The minimum absolute atomic E-state index is 0.0378. The van der Waals surface area contributed by atoms with Crippen molar-refractivity contribution in [1.82, 2.24) is 0 Å². The fourth-order valence-corrected chi connectivity index (χ4v) is 1.55. The monoisotopic (exact) mass is 270 g/mol. The first-order valence-electron chi connectivity index (χ1n) is 5.62. The summed E-state index contributed by atoms with van der Waals surface area (Å²) >= 11 is 0. The van der Waals surface area contributed by atoms with Gasteiger partial charge < -0.3 is 14.2 Å². The SMILES string of the molecule is CCOC(=O)C(=O)c1ccc(COC)c(F)c1OC. The summed E-state index contributed by atoms with van der Waals surface area (Å²) in [5, 5.41) is 0. The number of halogens is 1. The molecule has 0 fully saturated rings. The number of Topliss-reactive ketones (excluding diaryl/α,β-unsaturated/α-hetero) is 1. The van der Waals surface area contributed by atoms with Crippen molar-refractivity contribution in [3.8, 4) is 5.75 Å². The Morgan fingerprint density at radius 3 is 2.47 bits per heavy atom. The molecular weight excluding hydrogens is 255 g/mol. The van der Waals surface area contributed by atoms with Crippen molar-refractivity contribution in [1.29, 1.82) is 0 Å². The van der Waals surface area contributed by atoms with Crippen LogP contribution in [-0.4, -0.2) is 32.6 Å². The summed E-state index contributed by atoms with van der Waals surface area (Å²) in [5.41, 5.74) is 0.0676. The van der Waals surface area contributed by atoms with E-state index in [2.05, 4.69) is 4.74 Å². The zero-order chi connectivity index (χ0) is 14.4. The zero-order valence-corrected chi connectivity index (χ0v) is 11.0. The van der Waals surface area contributed by atoms with Crippen LogP contribution in [0.3, 0.4) is 0 Å². The number of hydrogen-bond acceptors (Lipinski definition) is 5. The van der Waals surface area contributed by atoms with E-state index in [-0.39, 0.29) is 30.1 Å². The van der Waals surface area contributed by atoms with Crippen molar-refractivity contribution in [3.05, 3.63) is 29.1 Å². The molecule has 6 heteroatoms. The van der Waals surface area contributed by atoms with Gasteiger partial charge in [-0.05, 0) is 13.0 Å². The van der Waals surface area contributed by atoms with E-state index in [1.165, 1.54) is 26.4 Å². The van der Waals surface area contributed by atoms with Crippen LogP contribution < -0.4 is 4.74 Å². The highest BCUT2D eigenvalue weighted by Crippen LogP contribution is 2.26. The molecule has 0 amide bonds. The lowest BCUT2D eigenvalue weighted by atomic mass is 10.1. The lowest BCUT2D eigenvalue weighted by Gasteiger charge is -2.11. The molecule has 1 rings (SSSR count). The second-order valence-electron chi connectivity index (χ2n) is 3.60. The molecule has 0 aliphatic rings. The van der Waals surface area contributed by atoms with Crippen LogP contribution in [0.25, 0.3) is 0 Å². The van der Waals surface area contributed by atoms with Crippen LogP contribution in [0.1, 0.15) is 22.8 Å². The van der Waals surface area contributed by atoms with Crippen molar-refractivity contribution in [3.63, 3.8) is 0 Å². The number of esters is 1. The molecule has 0 N–H and O–H groups in total. The highest BCUT2D eigenvalue weighted by Gasteiger charge is 2.25. The van der Waals surface area contributed by atoms with E-state index in [1.54, 1.807) is 6.92 Å². The molecule has 1 aromatic carbocycles. The number of rotatable bonds is 6. The van der Waals surface area contributed by atoms with Gasteiger partial charge in [0.15, 0.2) is 11.6 Å². The van der Waals surface area contributed by atoms with Gasteiger partial charge in [0.1, 0.15) is 0 Å². The number of carbonyl (C=O) groups is 2. The molecule has 0 saturated heterocycles. The molecule has 0 unspecified atom stereocenters. The lowest BCUT2D eigenvalue weighted by molar-refractivity contribution is -0.137. The molecule has 0 aliphatic carbocycles. The zero-order valence-electron chi connectivity index (χ0n) is 11.0. The number of hydrogen-bond donors (Lipinski definition) is 0. The third-order valence-corrected chi connectivity index (χ3v) is 2.39. The van der Waals surface area contributed by atoms with E-state index >= 15 is 0 Å². The van der Waals surface area contributed by atoms with Crippen molar-refractivity contribution in [2.24, 2.45) is 0 Å². The number of ketones is 1. The Hall–Kier alpha value is -1.95. The smallest absolute Gasteiger partial charge is 0.379 e. The molecule has 0 aliphatic heterocycles. The van der Waals surface area contributed by atoms with Crippen LogP contribution in [0.15, 0.2) is 12.1 Å². The fourth-order valence-electron chi connectivity index (χ4n) is 1.55. The average molecular weight is 270 g/mol. The van der Waals surface area contributed by atoms with Crippen molar-refractivity contribution in [2.45, 2.75) is 13.5 Å². The van der Waals surface area contributed by atoms with E-state index in [1.807, 2.05) is 0 Å². The van der Waals surface area contributed by atoms with Gasteiger partial charge in [-0.2, -0.15) is 0 Å². The molecule has 5 nitrogen and oxygen atoms in total. The van der Waals surface area contributed by atoms with Crippen LogP contribution >= 0.6 is 0 Å². The van der Waals surface area contributed by atoms with Crippen LogP contribution in [-0.2, 0) is 20.9 Å². The summed E-state index contributed by atoms with van der Waals surface area (Å²) in [6, 6.07) is 2.68. The van der Waals surface area contributed by atoms with E-state index in [9.17, 15) is 14.0 Å². The average Bonchev–Trinajstić information content (AvgIpc) is 2.40. The largest absolute Gasteiger partial charge is 0.493 e. The second kappa shape index (κ2) is 6.84. The molecule has 0 saturated carbocycles. The molecule has 0 spiro atoms. The normalized spacial score (nSPS) is 10.1. The van der Waals surface area contributed by atoms with Gasteiger partial charge >= 0.3 is 5.97 Å². The summed E-state index contributed by atoms with van der Waals surface area (Å²) in [6.07, 6.45) is 0. The van der Waals surface area contributed by atoms with Gasteiger partial charge in [0.2, 0.25) is 0 Å². The van der Waals surface area contributed by atoms with Crippen molar-refractivity contribution in [2.75, 3.05) is 20.8 Å². The molecule has 104 valence electrons. The van der Waals surface area contributed by atoms with Crippen LogP contribution in [0.5, 0.6) is 5.75 Å². The topological polar surface area (TPSA) is 61.8 Å². The van der Waals surface area contributed by atoms with Crippen LogP contribution in [0, 0.1) is 5.82 Å². The quantitative estimate of drug-likeness (QED) is 0.447. The Kier molecular flexibility index (Phi) is 5.44. The summed E-state index contributed by atoms with van der Waals surface area (Å²) in [4.78, 5) is 23.1. The Morgan fingerprint density at radius 2 is 1.95 bits per heavy atom. The first-order valence-corrected chi connectivity index (χ1v) is 5.62. The maximum Gasteiger partial charge on any atom is 0.379 e. The summed E-state index contributed by atoms with van der Waals surface area (Å²) in [5.74, 6) is -2.99. The number of ether oxygens (including phenoxy) is 3. The molecule has 0 radical (unpaired) electrons. The van der Waals surface area contributed by atoms with Crippen molar-refractivity contribution >= 4 is 11.8 Å². The van der Waals surface area contributed by atoms with E-state index in [0.717, 1.165) is 0 Å². The van der Waals surface area contributed by atoms with Crippen LogP contribution in [0.4, 0.5) is 4.39 Å². The molecule has 0 heterocycles. The predicted molar refractivity (Wildman–Crippen MR) is 64.6 cm³/mol. The standard InChI is InChI=1S/C13H15FO5/c1-4-19-13(16)11(15)9-6-5-8(7-17-2)10(14)12(9)18-3/h5-6H,4,7H2,1-3H3. The predicted octanol–water partition coefficient (Wildman–Crippen LogP) is 1.73. The summed E-state index contributed by atoms with van der Waals surface area (Å²) < 4.78 is 28.3. The lowest BCUT2D eigenvalue weighted by Crippen LogP contribution is -2.19. The molecular formula is C13H15FO5. The summed E-state index contributed by atoms with van der Waals surface area (Å²) in [7, 11) is 2.64. The fraction of sp³-hybridized carbons (Fsp3) is 0.385. The Morgan fingerprint density at radius 1 is 1.26 bits per heavy atom. The van der Waals surface area contributed by atoms with Gasteiger partial charge in [-0.3, -0.25) is 4.79 Å². The van der Waals surface area contributed by atoms with Crippen molar-refractivity contribution < 1.29 is 28.2 Å². The first-order chi connectivity index (χ1) is 9.06. The number of methoxy groups -OCH3 is 2. The van der Waals surface area contributed by atoms with Gasteiger partial charge in [0.05, 0.1) is 25.9 Å². The maximum absolute atomic E-state index is 14.0. The highest BCUT2D eigenvalue weighted by molar-refractivity contribution is 6.41. The van der Waals surface area contributed by atoms with E-state index in [0.29, 0.717) is 0 Å². The molecule has 0 atom stereocenters. The highest BCUT2D eigenvalue weighted by atomic mass is 19.1. The minimum Gasteiger partial charge on any atom is -0.493 e. The Labute approximate surface area is 110 Å². The third kappa shape index (κ3) is 3.29. The third-order valence-electron chi connectivity index (χ3n) is 2.39. The molecule has 0 aromatic heterocycles. The second-order valence-corrected chi connectivity index (χ2v) is 3.60.